The fourth-order valence-electron chi connectivity index (χ4n) is 2.50. The van der Waals surface area contributed by atoms with E-state index in [4.69, 9.17) is 9.84 Å². The Hall–Kier alpha value is -1.81. The van der Waals surface area contributed by atoms with Crippen molar-refractivity contribution in [1.29, 1.82) is 0 Å². The largest absolute Gasteiger partial charge is 0.492 e. The number of likely N-dealkylation sites (tertiary alicyclic amines) is 1. The summed E-state index contributed by atoms with van der Waals surface area (Å²) in [5.74, 6) is -0.106. The van der Waals surface area contributed by atoms with Gasteiger partial charge in [0, 0.05) is 12.6 Å². The minimum atomic E-state index is -0.937. The van der Waals surface area contributed by atoms with E-state index in [1.165, 1.54) is 38.8 Å². The molecule has 0 amide bonds. The molecule has 0 bridgehead atoms. The number of rotatable bonds is 6. The Morgan fingerprint density at radius 3 is 2.43 bits per heavy atom. The number of carboxylic acid groups (broad SMARTS) is 1. The molecule has 1 aliphatic heterocycles. The lowest BCUT2D eigenvalue weighted by Gasteiger charge is -2.19. The van der Waals surface area contributed by atoms with Gasteiger partial charge in [0.2, 0.25) is 0 Å². The van der Waals surface area contributed by atoms with Gasteiger partial charge in [-0.15, -0.1) is 0 Å². The van der Waals surface area contributed by atoms with Gasteiger partial charge in [-0.3, -0.25) is 4.90 Å². The second kappa shape index (κ2) is 8.47. The lowest BCUT2D eigenvalue weighted by molar-refractivity contribution is -0.131. The molecule has 4 nitrogen and oxygen atoms in total. The summed E-state index contributed by atoms with van der Waals surface area (Å²) in [7, 11) is 0. The summed E-state index contributed by atoms with van der Waals surface area (Å²) in [4.78, 5) is 12.9. The molecule has 1 aromatic carbocycles. The normalized spacial score (nSPS) is 16.8. The maximum Gasteiger partial charge on any atom is 0.328 e. The van der Waals surface area contributed by atoms with Crippen molar-refractivity contribution in [3.63, 3.8) is 0 Å². The maximum absolute atomic E-state index is 10.4. The number of carbonyl (C=O) groups is 1. The summed E-state index contributed by atoms with van der Waals surface area (Å²) < 4.78 is 5.75. The van der Waals surface area contributed by atoms with Gasteiger partial charge >= 0.3 is 5.97 Å². The number of aliphatic carboxylic acids is 1. The van der Waals surface area contributed by atoms with Crippen LogP contribution in [0.2, 0.25) is 0 Å². The summed E-state index contributed by atoms with van der Waals surface area (Å²) in [5.41, 5.74) is 0.859. The minimum Gasteiger partial charge on any atom is -0.492 e. The molecule has 1 fully saturated rings. The molecular formula is C17H23NO3. The number of carboxylic acids is 1. The third-order valence-electron chi connectivity index (χ3n) is 3.67. The van der Waals surface area contributed by atoms with Crippen LogP contribution in [-0.2, 0) is 4.79 Å². The molecular weight excluding hydrogens is 266 g/mol. The first-order valence-corrected chi connectivity index (χ1v) is 7.60. The molecule has 0 unspecified atom stereocenters. The van der Waals surface area contributed by atoms with Gasteiger partial charge in [0.05, 0.1) is 0 Å². The van der Waals surface area contributed by atoms with Crippen LogP contribution in [0.15, 0.2) is 30.3 Å². The second-order valence-corrected chi connectivity index (χ2v) is 5.34. The van der Waals surface area contributed by atoms with Crippen LogP contribution >= 0.6 is 0 Å². The minimum absolute atomic E-state index is 0.699. The van der Waals surface area contributed by atoms with E-state index >= 15 is 0 Å². The van der Waals surface area contributed by atoms with Crippen LogP contribution in [0.1, 0.15) is 31.2 Å². The number of hydrogen-bond donors (Lipinski definition) is 1. The van der Waals surface area contributed by atoms with Gasteiger partial charge in [0.1, 0.15) is 12.4 Å². The molecule has 21 heavy (non-hydrogen) atoms. The third-order valence-corrected chi connectivity index (χ3v) is 3.67. The molecule has 1 aliphatic rings. The molecule has 0 aliphatic carbocycles. The Kier molecular flexibility index (Phi) is 6.28. The van der Waals surface area contributed by atoms with E-state index in [-0.39, 0.29) is 0 Å². The molecule has 0 atom stereocenters. The average molecular weight is 289 g/mol. The molecule has 0 saturated carbocycles. The van der Waals surface area contributed by atoms with Crippen molar-refractivity contribution in [2.75, 3.05) is 26.2 Å². The van der Waals surface area contributed by atoms with Gasteiger partial charge in [-0.25, -0.2) is 4.79 Å². The van der Waals surface area contributed by atoms with Crippen LogP contribution < -0.4 is 4.74 Å². The van der Waals surface area contributed by atoms with E-state index in [2.05, 4.69) is 4.90 Å². The Balaban J connectivity index is 1.74. The highest BCUT2D eigenvalue weighted by molar-refractivity contribution is 5.85. The molecule has 0 aromatic heterocycles. The SMILES string of the molecule is O=C(O)C=Cc1ccc(OCCN2CCCCCC2)cc1. The highest BCUT2D eigenvalue weighted by atomic mass is 16.5. The van der Waals surface area contributed by atoms with E-state index in [1.54, 1.807) is 6.08 Å². The van der Waals surface area contributed by atoms with Crippen molar-refractivity contribution in [1.82, 2.24) is 4.90 Å². The zero-order chi connectivity index (χ0) is 14.9. The molecule has 0 spiro atoms. The smallest absolute Gasteiger partial charge is 0.328 e. The summed E-state index contributed by atoms with van der Waals surface area (Å²) in [6, 6.07) is 7.48. The molecule has 1 N–H and O–H groups in total. The maximum atomic E-state index is 10.4. The molecule has 0 radical (unpaired) electrons. The summed E-state index contributed by atoms with van der Waals surface area (Å²) >= 11 is 0. The predicted octanol–water partition coefficient (Wildman–Crippen LogP) is 3.04. The third kappa shape index (κ3) is 6.00. The van der Waals surface area contributed by atoms with Crippen molar-refractivity contribution in [3.05, 3.63) is 35.9 Å². The van der Waals surface area contributed by atoms with E-state index in [9.17, 15) is 4.79 Å². The van der Waals surface area contributed by atoms with Crippen molar-refractivity contribution in [3.8, 4) is 5.75 Å². The number of benzene rings is 1. The molecule has 1 heterocycles. The number of nitrogens with zero attached hydrogens (tertiary/aromatic N) is 1. The predicted molar refractivity (Wildman–Crippen MR) is 83.5 cm³/mol. The van der Waals surface area contributed by atoms with E-state index in [0.29, 0.717) is 6.61 Å². The summed E-state index contributed by atoms with van der Waals surface area (Å²) in [5, 5.41) is 8.57. The Morgan fingerprint density at radius 2 is 1.81 bits per heavy atom. The summed E-state index contributed by atoms with van der Waals surface area (Å²) in [6.45, 7) is 4.04. The van der Waals surface area contributed by atoms with Gasteiger partial charge in [0.25, 0.3) is 0 Å². The zero-order valence-corrected chi connectivity index (χ0v) is 12.3. The summed E-state index contributed by atoms with van der Waals surface area (Å²) in [6.07, 6.45) is 8.00. The molecule has 2 rings (SSSR count). The van der Waals surface area contributed by atoms with Gasteiger partial charge in [-0.1, -0.05) is 25.0 Å². The first kappa shape index (κ1) is 15.6. The van der Waals surface area contributed by atoms with Gasteiger partial charge in [-0.2, -0.15) is 0 Å². The lowest BCUT2D eigenvalue weighted by Crippen LogP contribution is -2.29. The molecule has 1 aromatic rings. The van der Waals surface area contributed by atoms with Crippen LogP contribution in [0, 0.1) is 0 Å². The van der Waals surface area contributed by atoms with Crippen LogP contribution in [-0.4, -0.2) is 42.2 Å². The number of ether oxygens (including phenoxy) is 1. The van der Waals surface area contributed by atoms with Crippen LogP contribution in [0.4, 0.5) is 0 Å². The van der Waals surface area contributed by atoms with Crippen LogP contribution in [0.5, 0.6) is 5.75 Å². The van der Waals surface area contributed by atoms with Crippen molar-refractivity contribution in [2.24, 2.45) is 0 Å². The molecule has 4 heteroatoms. The van der Waals surface area contributed by atoms with E-state index < -0.39 is 5.97 Å². The van der Waals surface area contributed by atoms with E-state index in [1.807, 2.05) is 24.3 Å². The van der Waals surface area contributed by atoms with Gasteiger partial charge in [0.15, 0.2) is 0 Å². The highest BCUT2D eigenvalue weighted by Gasteiger charge is 2.08. The Morgan fingerprint density at radius 1 is 1.14 bits per heavy atom. The molecule has 114 valence electrons. The van der Waals surface area contributed by atoms with Crippen LogP contribution in [0.3, 0.4) is 0 Å². The highest BCUT2D eigenvalue weighted by Crippen LogP contribution is 2.14. The first-order valence-electron chi connectivity index (χ1n) is 7.60. The Bertz CT molecular complexity index is 459. The topological polar surface area (TPSA) is 49.8 Å². The molecule has 1 saturated heterocycles. The zero-order valence-electron chi connectivity index (χ0n) is 12.3. The number of hydrogen-bond acceptors (Lipinski definition) is 3. The quantitative estimate of drug-likeness (QED) is 0.818. The van der Waals surface area contributed by atoms with E-state index in [0.717, 1.165) is 23.9 Å². The van der Waals surface area contributed by atoms with Crippen LogP contribution in [0.25, 0.3) is 6.08 Å². The fraction of sp³-hybridized carbons (Fsp3) is 0.471. The van der Waals surface area contributed by atoms with Gasteiger partial charge in [-0.05, 0) is 49.7 Å². The fourth-order valence-corrected chi connectivity index (χ4v) is 2.50. The van der Waals surface area contributed by atoms with Gasteiger partial charge < -0.3 is 9.84 Å². The first-order chi connectivity index (χ1) is 10.2. The van der Waals surface area contributed by atoms with Crippen molar-refractivity contribution < 1.29 is 14.6 Å². The lowest BCUT2D eigenvalue weighted by atomic mass is 10.2. The van der Waals surface area contributed by atoms with Crippen molar-refractivity contribution in [2.45, 2.75) is 25.7 Å². The van der Waals surface area contributed by atoms with Crippen molar-refractivity contribution >= 4 is 12.0 Å². The average Bonchev–Trinajstić information content (AvgIpc) is 2.75. The standard InChI is InChI=1S/C17H23NO3/c19-17(20)10-7-15-5-8-16(9-6-15)21-14-13-18-11-3-1-2-4-12-18/h5-10H,1-4,11-14H2,(H,19,20). The Labute approximate surface area is 126 Å². The monoisotopic (exact) mass is 289 g/mol. The second-order valence-electron chi connectivity index (χ2n) is 5.34.